The smallest absolute Gasteiger partial charge is 0.189 e. The van der Waals surface area contributed by atoms with Crippen molar-refractivity contribution in [2.75, 3.05) is 0 Å². The highest BCUT2D eigenvalue weighted by Crippen LogP contribution is 2.14. The maximum atomic E-state index is 5.32. The quantitative estimate of drug-likeness (QED) is 0.677. The van der Waals surface area contributed by atoms with Crippen LogP contribution in [-0.2, 0) is 0 Å². The van der Waals surface area contributed by atoms with Gasteiger partial charge in [0.25, 0.3) is 0 Å². The van der Waals surface area contributed by atoms with E-state index in [2.05, 4.69) is 24.1 Å². The van der Waals surface area contributed by atoms with Gasteiger partial charge in [0.05, 0.1) is 0 Å². The Bertz CT molecular complexity index is 378. The highest BCUT2D eigenvalue weighted by atomic mass is 32.1. The number of nitrogens with zero attached hydrogens (tertiary/aromatic N) is 3. The average molecular weight is 219 g/mol. The van der Waals surface area contributed by atoms with Crippen molar-refractivity contribution in [3.63, 3.8) is 0 Å². The molecule has 0 aliphatic carbocycles. The Morgan fingerprint density at radius 2 is 2.13 bits per heavy atom. The first-order chi connectivity index (χ1) is 7.31. The van der Waals surface area contributed by atoms with Crippen molar-refractivity contribution in [2.24, 2.45) is 5.92 Å². The summed E-state index contributed by atoms with van der Waals surface area (Å²) in [5, 5.41) is 0.717. The maximum absolute atomic E-state index is 5.32. The van der Waals surface area contributed by atoms with Crippen LogP contribution in [0.1, 0.15) is 13.3 Å². The van der Waals surface area contributed by atoms with Gasteiger partial charge in [-0.05, 0) is 24.6 Å². The van der Waals surface area contributed by atoms with Crippen LogP contribution in [0.5, 0.6) is 0 Å². The third-order valence-corrected chi connectivity index (χ3v) is 2.83. The predicted molar refractivity (Wildman–Crippen MR) is 64.1 cm³/mol. The first-order valence-corrected chi connectivity index (χ1v) is 5.39. The maximum Gasteiger partial charge on any atom is 0.189 e. The van der Waals surface area contributed by atoms with Crippen molar-refractivity contribution in [3.05, 3.63) is 43.3 Å². The Balaban J connectivity index is 2.09. The summed E-state index contributed by atoms with van der Waals surface area (Å²) in [5.74, 6) is 0.534. The summed E-state index contributed by atoms with van der Waals surface area (Å²) in [6, 6.07) is 0. The zero-order chi connectivity index (χ0) is 10.7. The number of imidazole rings is 1. The van der Waals surface area contributed by atoms with Gasteiger partial charge in [-0.3, -0.25) is 4.57 Å². The highest BCUT2D eigenvalue weighted by molar-refractivity contribution is 7.80. The largest absolute Gasteiger partial charge is 0.301 e. The van der Waals surface area contributed by atoms with Crippen LogP contribution in [0, 0.1) is 5.92 Å². The first kappa shape index (κ1) is 10.1. The third-order valence-electron chi connectivity index (χ3n) is 2.41. The SMILES string of the molecule is CCC1C=CN(C(=S)n2ccnc2)C=C1. The van der Waals surface area contributed by atoms with Gasteiger partial charge >= 0.3 is 0 Å². The topological polar surface area (TPSA) is 21.1 Å². The van der Waals surface area contributed by atoms with Gasteiger partial charge < -0.3 is 4.90 Å². The molecule has 1 aromatic heterocycles. The summed E-state index contributed by atoms with van der Waals surface area (Å²) in [6.45, 7) is 2.17. The van der Waals surface area contributed by atoms with Gasteiger partial charge in [-0.25, -0.2) is 4.98 Å². The summed E-state index contributed by atoms with van der Waals surface area (Å²) >= 11 is 5.32. The van der Waals surface area contributed by atoms with Crippen LogP contribution < -0.4 is 0 Å². The number of hydrogen-bond donors (Lipinski definition) is 0. The van der Waals surface area contributed by atoms with E-state index in [1.807, 2.05) is 28.1 Å². The van der Waals surface area contributed by atoms with Gasteiger partial charge in [0.2, 0.25) is 0 Å². The Morgan fingerprint density at radius 1 is 1.40 bits per heavy atom. The minimum atomic E-state index is 0.534. The standard InChI is InChI=1S/C11H13N3S/c1-2-10-3-6-13(7-4-10)11(15)14-8-5-12-9-14/h3-10H,2H2,1H3. The van der Waals surface area contributed by atoms with Crippen molar-refractivity contribution in [2.45, 2.75) is 13.3 Å². The van der Waals surface area contributed by atoms with Gasteiger partial charge in [0, 0.05) is 24.8 Å². The molecule has 2 rings (SSSR count). The molecule has 0 spiro atoms. The van der Waals surface area contributed by atoms with E-state index in [-0.39, 0.29) is 0 Å². The second-order valence-corrected chi connectivity index (χ2v) is 3.78. The molecular weight excluding hydrogens is 206 g/mol. The molecule has 1 aliphatic heterocycles. The first-order valence-electron chi connectivity index (χ1n) is 4.98. The lowest BCUT2D eigenvalue weighted by molar-refractivity contribution is 0.658. The van der Waals surface area contributed by atoms with Gasteiger partial charge in [-0.15, -0.1) is 0 Å². The fourth-order valence-corrected chi connectivity index (χ4v) is 1.66. The molecule has 1 aromatic rings. The van der Waals surface area contributed by atoms with Gasteiger partial charge in [0.1, 0.15) is 6.33 Å². The van der Waals surface area contributed by atoms with E-state index >= 15 is 0 Å². The summed E-state index contributed by atoms with van der Waals surface area (Å²) in [7, 11) is 0. The summed E-state index contributed by atoms with van der Waals surface area (Å²) < 4.78 is 1.82. The molecule has 0 unspecified atom stereocenters. The number of hydrogen-bond acceptors (Lipinski definition) is 2. The molecule has 0 N–H and O–H groups in total. The molecule has 0 amide bonds. The zero-order valence-corrected chi connectivity index (χ0v) is 9.39. The minimum Gasteiger partial charge on any atom is -0.301 e. The fraction of sp³-hybridized carbons (Fsp3) is 0.273. The zero-order valence-electron chi connectivity index (χ0n) is 8.58. The monoisotopic (exact) mass is 219 g/mol. The Kier molecular flexibility index (Phi) is 2.97. The van der Waals surface area contributed by atoms with Crippen LogP contribution in [0.25, 0.3) is 0 Å². The van der Waals surface area contributed by atoms with Gasteiger partial charge in [-0.2, -0.15) is 0 Å². The lowest BCUT2D eigenvalue weighted by Gasteiger charge is -2.21. The molecule has 0 aromatic carbocycles. The number of aromatic nitrogens is 2. The van der Waals surface area contributed by atoms with Crippen molar-refractivity contribution in [1.29, 1.82) is 0 Å². The van der Waals surface area contributed by atoms with E-state index < -0.39 is 0 Å². The molecule has 0 saturated heterocycles. The van der Waals surface area contributed by atoms with Crippen LogP contribution in [0.3, 0.4) is 0 Å². The summed E-state index contributed by atoms with van der Waals surface area (Å²) in [4.78, 5) is 5.89. The molecular formula is C11H13N3S. The molecule has 4 heteroatoms. The van der Waals surface area contributed by atoms with Crippen molar-refractivity contribution < 1.29 is 0 Å². The molecule has 15 heavy (non-hydrogen) atoms. The summed E-state index contributed by atoms with van der Waals surface area (Å²) in [6.07, 6.45) is 14.7. The van der Waals surface area contributed by atoms with E-state index in [1.54, 1.807) is 12.5 Å². The third kappa shape index (κ3) is 2.15. The summed E-state index contributed by atoms with van der Waals surface area (Å²) in [5.41, 5.74) is 0. The van der Waals surface area contributed by atoms with Gasteiger partial charge in [0.15, 0.2) is 5.11 Å². The van der Waals surface area contributed by atoms with E-state index in [4.69, 9.17) is 12.2 Å². The molecule has 78 valence electrons. The van der Waals surface area contributed by atoms with Gasteiger partial charge in [-0.1, -0.05) is 19.1 Å². The van der Waals surface area contributed by atoms with Crippen LogP contribution in [-0.4, -0.2) is 19.6 Å². The average Bonchev–Trinajstić information content (AvgIpc) is 2.82. The predicted octanol–water partition coefficient (Wildman–Crippen LogP) is 2.39. The van der Waals surface area contributed by atoms with Crippen LogP contribution in [0.15, 0.2) is 43.3 Å². The Labute approximate surface area is 94.7 Å². The number of allylic oxidation sites excluding steroid dienone is 2. The molecule has 0 fully saturated rings. The van der Waals surface area contributed by atoms with E-state index in [0.29, 0.717) is 5.92 Å². The number of rotatable bonds is 1. The fourth-order valence-electron chi connectivity index (χ4n) is 1.43. The molecule has 2 heterocycles. The van der Waals surface area contributed by atoms with Crippen LogP contribution >= 0.6 is 12.2 Å². The van der Waals surface area contributed by atoms with E-state index in [1.165, 1.54) is 0 Å². The second-order valence-electron chi connectivity index (χ2n) is 3.41. The molecule has 0 saturated carbocycles. The van der Waals surface area contributed by atoms with Crippen molar-refractivity contribution in [1.82, 2.24) is 14.5 Å². The lowest BCUT2D eigenvalue weighted by atomic mass is 10.1. The van der Waals surface area contributed by atoms with E-state index in [9.17, 15) is 0 Å². The number of thiocarbonyl (C=S) groups is 1. The molecule has 0 atom stereocenters. The van der Waals surface area contributed by atoms with Crippen LogP contribution in [0.4, 0.5) is 0 Å². The second kappa shape index (κ2) is 4.40. The molecule has 3 nitrogen and oxygen atoms in total. The van der Waals surface area contributed by atoms with Crippen molar-refractivity contribution in [3.8, 4) is 0 Å². The Morgan fingerprint density at radius 3 is 2.67 bits per heavy atom. The lowest BCUT2D eigenvalue weighted by Crippen LogP contribution is -2.26. The minimum absolute atomic E-state index is 0.534. The van der Waals surface area contributed by atoms with E-state index in [0.717, 1.165) is 11.5 Å². The van der Waals surface area contributed by atoms with Crippen LogP contribution in [0.2, 0.25) is 0 Å². The molecule has 1 aliphatic rings. The normalized spacial score (nSPS) is 15.9. The van der Waals surface area contributed by atoms with Crippen molar-refractivity contribution >= 4 is 17.3 Å². The molecule has 0 bridgehead atoms. The highest BCUT2D eigenvalue weighted by Gasteiger charge is 2.09. The molecule has 0 radical (unpaired) electrons. The Hall–Kier alpha value is -1.42.